The highest BCUT2D eigenvalue weighted by Crippen LogP contribution is 2.25. The molecule has 1 aromatic rings. The second kappa shape index (κ2) is 3.66. The average Bonchev–Trinajstić information content (AvgIpc) is 2.61. The third-order valence-corrected chi connectivity index (χ3v) is 3.00. The molecule has 0 radical (unpaired) electrons. The number of nitrogens with zero attached hydrogens (tertiary/aromatic N) is 1. The number of rotatable bonds is 2. The minimum atomic E-state index is -4.54. The maximum atomic E-state index is 11.2. The molecule has 0 fully saturated rings. The SMILES string of the molecule is O=C1N=CC(c2ccccc2)=C1S(=O)(=O)O. The molecule has 0 aliphatic carbocycles. The molecule has 1 N–H and O–H groups in total. The number of hydrogen-bond donors (Lipinski definition) is 1. The van der Waals surface area contributed by atoms with Crippen molar-refractivity contribution in [2.75, 3.05) is 0 Å². The lowest BCUT2D eigenvalue weighted by molar-refractivity contribution is -0.113. The Morgan fingerprint density at radius 1 is 1.12 bits per heavy atom. The number of allylic oxidation sites excluding steroid dienone is 1. The Kier molecular flexibility index (Phi) is 2.45. The molecule has 1 aliphatic rings. The van der Waals surface area contributed by atoms with E-state index in [0.717, 1.165) is 6.21 Å². The van der Waals surface area contributed by atoms with E-state index in [-0.39, 0.29) is 5.57 Å². The molecule has 1 amide bonds. The lowest BCUT2D eigenvalue weighted by atomic mass is 10.1. The van der Waals surface area contributed by atoms with Gasteiger partial charge in [-0.1, -0.05) is 30.3 Å². The Bertz CT molecular complexity index is 599. The first kappa shape index (κ1) is 10.7. The first-order chi connectivity index (χ1) is 7.50. The summed E-state index contributed by atoms with van der Waals surface area (Å²) in [6.45, 7) is 0. The van der Waals surface area contributed by atoms with Crippen LogP contribution in [0.1, 0.15) is 5.56 Å². The molecule has 0 saturated heterocycles. The highest BCUT2D eigenvalue weighted by molar-refractivity contribution is 7.91. The molecule has 1 heterocycles. The molecule has 5 nitrogen and oxygen atoms in total. The van der Waals surface area contributed by atoms with Gasteiger partial charge in [0.2, 0.25) is 0 Å². The number of aliphatic imine (C=N–C) groups is 1. The van der Waals surface area contributed by atoms with Crippen molar-refractivity contribution in [2.24, 2.45) is 4.99 Å². The molecule has 1 aliphatic heterocycles. The van der Waals surface area contributed by atoms with Crippen LogP contribution in [0.25, 0.3) is 5.57 Å². The molecule has 0 unspecified atom stereocenters. The Hall–Kier alpha value is -1.79. The van der Waals surface area contributed by atoms with E-state index < -0.39 is 20.9 Å². The minimum Gasteiger partial charge on any atom is -0.282 e. The van der Waals surface area contributed by atoms with Gasteiger partial charge in [-0.05, 0) is 5.56 Å². The van der Waals surface area contributed by atoms with Crippen molar-refractivity contribution in [1.29, 1.82) is 0 Å². The molecule has 0 aromatic heterocycles. The van der Waals surface area contributed by atoms with E-state index in [1.54, 1.807) is 30.3 Å². The van der Waals surface area contributed by atoms with Crippen molar-refractivity contribution in [3.05, 3.63) is 40.8 Å². The summed E-state index contributed by atoms with van der Waals surface area (Å²) in [6.07, 6.45) is 1.14. The van der Waals surface area contributed by atoms with E-state index in [0.29, 0.717) is 5.56 Å². The van der Waals surface area contributed by atoms with Gasteiger partial charge in [0.15, 0.2) is 4.91 Å². The zero-order valence-corrected chi connectivity index (χ0v) is 8.81. The standard InChI is InChI=1S/C10H7NO4S/c12-10-9(16(13,14)15)8(6-11-10)7-4-2-1-3-5-7/h1-6H,(H,13,14,15). The fourth-order valence-electron chi connectivity index (χ4n) is 1.43. The van der Waals surface area contributed by atoms with Gasteiger partial charge < -0.3 is 0 Å². The van der Waals surface area contributed by atoms with Gasteiger partial charge in [0.25, 0.3) is 5.91 Å². The zero-order valence-electron chi connectivity index (χ0n) is 7.99. The maximum Gasteiger partial charge on any atom is 0.300 e. The smallest absolute Gasteiger partial charge is 0.282 e. The molecule has 0 atom stereocenters. The van der Waals surface area contributed by atoms with Crippen LogP contribution in [-0.2, 0) is 14.9 Å². The topological polar surface area (TPSA) is 83.8 Å². The van der Waals surface area contributed by atoms with Crippen molar-refractivity contribution in [2.45, 2.75) is 0 Å². The summed E-state index contributed by atoms with van der Waals surface area (Å²) in [5.74, 6) is -0.943. The summed E-state index contributed by atoms with van der Waals surface area (Å²) in [4.78, 5) is 13.9. The van der Waals surface area contributed by atoms with Crippen LogP contribution in [0, 0.1) is 0 Å². The molecular formula is C10H7NO4S. The summed E-state index contributed by atoms with van der Waals surface area (Å²) in [5, 5.41) is 0. The normalized spacial score (nSPS) is 15.9. The van der Waals surface area contributed by atoms with Gasteiger partial charge in [-0.3, -0.25) is 9.35 Å². The highest BCUT2D eigenvalue weighted by atomic mass is 32.2. The lowest BCUT2D eigenvalue weighted by Crippen LogP contribution is -2.09. The Morgan fingerprint density at radius 3 is 2.31 bits per heavy atom. The Labute approximate surface area is 91.9 Å². The third kappa shape index (κ3) is 1.80. The zero-order chi connectivity index (χ0) is 11.8. The third-order valence-electron chi connectivity index (χ3n) is 2.09. The number of amides is 1. The fraction of sp³-hybridized carbons (Fsp3) is 0. The minimum absolute atomic E-state index is 0.119. The van der Waals surface area contributed by atoms with Crippen LogP contribution < -0.4 is 0 Å². The van der Waals surface area contributed by atoms with Crippen molar-refractivity contribution in [3.8, 4) is 0 Å². The second-order valence-corrected chi connectivity index (χ2v) is 4.51. The monoisotopic (exact) mass is 237 g/mol. The summed E-state index contributed by atoms with van der Waals surface area (Å²) in [5.41, 5.74) is 0.637. The first-order valence-corrected chi connectivity index (χ1v) is 5.80. The van der Waals surface area contributed by atoms with Gasteiger partial charge >= 0.3 is 10.1 Å². The molecule has 0 saturated carbocycles. The van der Waals surface area contributed by atoms with Crippen LogP contribution in [0.2, 0.25) is 0 Å². The van der Waals surface area contributed by atoms with E-state index >= 15 is 0 Å². The molecule has 0 spiro atoms. The largest absolute Gasteiger partial charge is 0.300 e. The summed E-state index contributed by atoms with van der Waals surface area (Å²) in [7, 11) is -4.54. The molecular weight excluding hydrogens is 230 g/mol. The van der Waals surface area contributed by atoms with Crippen molar-refractivity contribution in [3.63, 3.8) is 0 Å². The second-order valence-electron chi connectivity index (χ2n) is 3.15. The van der Waals surface area contributed by atoms with Gasteiger partial charge in [-0.2, -0.15) is 8.42 Å². The van der Waals surface area contributed by atoms with E-state index in [4.69, 9.17) is 4.55 Å². The molecule has 82 valence electrons. The number of carbonyl (C=O) groups is 1. The van der Waals surface area contributed by atoms with Gasteiger partial charge in [-0.15, -0.1) is 0 Å². The summed E-state index contributed by atoms with van der Waals surface area (Å²) >= 11 is 0. The van der Waals surface area contributed by atoms with Gasteiger partial charge in [0.1, 0.15) is 0 Å². The average molecular weight is 237 g/mol. The number of carbonyl (C=O) groups excluding carboxylic acids is 1. The Morgan fingerprint density at radius 2 is 1.75 bits per heavy atom. The van der Waals surface area contributed by atoms with Gasteiger partial charge in [0.05, 0.1) is 0 Å². The van der Waals surface area contributed by atoms with Crippen molar-refractivity contribution >= 4 is 27.8 Å². The van der Waals surface area contributed by atoms with E-state index in [2.05, 4.69) is 4.99 Å². The lowest BCUT2D eigenvalue weighted by Gasteiger charge is -2.01. The van der Waals surface area contributed by atoms with E-state index in [1.165, 1.54) is 0 Å². The van der Waals surface area contributed by atoms with Crippen LogP contribution in [0.15, 0.2) is 40.2 Å². The van der Waals surface area contributed by atoms with Crippen LogP contribution in [0.4, 0.5) is 0 Å². The highest BCUT2D eigenvalue weighted by Gasteiger charge is 2.30. The van der Waals surface area contributed by atoms with Crippen LogP contribution >= 0.6 is 0 Å². The Balaban J connectivity index is 2.67. The van der Waals surface area contributed by atoms with Gasteiger partial charge in [-0.25, -0.2) is 4.99 Å². The quantitative estimate of drug-likeness (QED) is 0.774. The predicted octanol–water partition coefficient (Wildman–Crippen LogP) is 0.897. The van der Waals surface area contributed by atoms with Crippen LogP contribution in [-0.4, -0.2) is 25.1 Å². The predicted molar refractivity (Wildman–Crippen MR) is 58.4 cm³/mol. The molecule has 16 heavy (non-hydrogen) atoms. The number of hydrogen-bond acceptors (Lipinski definition) is 3. The first-order valence-electron chi connectivity index (χ1n) is 4.36. The van der Waals surface area contributed by atoms with E-state index in [1.807, 2.05) is 0 Å². The van der Waals surface area contributed by atoms with Gasteiger partial charge in [0, 0.05) is 11.8 Å². The van der Waals surface area contributed by atoms with Crippen molar-refractivity contribution in [1.82, 2.24) is 0 Å². The fourth-order valence-corrected chi connectivity index (χ4v) is 2.15. The summed E-state index contributed by atoms with van der Waals surface area (Å²) < 4.78 is 31.0. The molecule has 1 aromatic carbocycles. The van der Waals surface area contributed by atoms with Crippen molar-refractivity contribution < 1.29 is 17.8 Å². The summed E-state index contributed by atoms with van der Waals surface area (Å²) in [6, 6.07) is 8.41. The maximum absolute atomic E-state index is 11.2. The molecule has 0 bridgehead atoms. The molecule has 2 rings (SSSR count). The molecule has 6 heteroatoms. The van der Waals surface area contributed by atoms with Crippen LogP contribution in [0.3, 0.4) is 0 Å². The number of benzene rings is 1. The van der Waals surface area contributed by atoms with Crippen LogP contribution in [0.5, 0.6) is 0 Å². The van der Waals surface area contributed by atoms with E-state index in [9.17, 15) is 13.2 Å².